The topological polar surface area (TPSA) is 39.5 Å². The van der Waals surface area contributed by atoms with E-state index in [9.17, 15) is 0 Å². The van der Waals surface area contributed by atoms with Gasteiger partial charge >= 0.3 is 0 Å². The molecule has 3 aromatic rings. The van der Waals surface area contributed by atoms with Gasteiger partial charge in [-0.05, 0) is 17.5 Å². The predicted octanol–water partition coefficient (Wildman–Crippen LogP) is 4.08. The van der Waals surface area contributed by atoms with E-state index in [1.54, 1.807) is 0 Å². The smallest absolute Gasteiger partial charge is 0.147 e. The van der Waals surface area contributed by atoms with Crippen molar-refractivity contribution in [3.05, 3.63) is 71.8 Å². The lowest BCUT2D eigenvalue weighted by Gasteiger charge is -2.25. The van der Waals surface area contributed by atoms with Crippen LogP contribution in [0.15, 0.2) is 65.7 Å². The molecule has 0 atom stereocenters. The summed E-state index contributed by atoms with van der Waals surface area (Å²) in [5, 5.41) is 10.8. The van der Waals surface area contributed by atoms with E-state index >= 15 is 0 Å². The third kappa shape index (κ3) is 1.23. The molecule has 5 rings (SSSR count). The summed E-state index contributed by atoms with van der Waals surface area (Å²) in [6, 6.07) is 20.4. The molecule has 3 heteroatoms. The number of benzene rings is 3. The fraction of sp³-hybridized carbons (Fsp3) is 0. The van der Waals surface area contributed by atoms with Crippen molar-refractivity contribution in [1.29, 1.82) is 5.41 Å². The highest BCUT2D eigenvalue weighted by Crippen LogP contribution is 2.42. The Labute approximate surface area is 121 Å². The number of hydrogen-bond donors (Lipinski definition) is 1. The molecule has 0 saturated heterocycles. The van der Waals surface area contributed by atoms with Crippen LogP contribution < -0.4 is 4.90 Å². The van der Waals surface area contributed by atoms with Crippen LogP contribution in [0.4, 0.5) is 11.4 Å². The zero-order valence-corrected chi connectivity index (χ0v) is 11.2. The van der Waals surface area contributed by atoms with Crippen LogP contribution in [0.5, 0.6) is 0 Å². The van der Waals surface area contributed by atoms with Crippen LogP contribution in [0.2, 0.25) is 0 Å². The molecule has 0 radical (unpaired) electrons. The van der Waals surface area contributed by atoms with Crippen molar-refractivity contribution >= 4 is 33.8 Å². The third-order valence-corrected chi connectivity index (χ3v) is 4.19. The second kappa shape index (κ2) is 3.58. The van der Waals surface area contributed by atoms with Crippen LogP contribution >= 0.6 is 0 Å². The number of hydrogen-bond acceptors (Lipinski definition) is 2. The molecular weight excluding hydrogens is 258 g/mol. The fourth-order valence-corrected chi connectivity index (χ4v) is 3.27. The van der Waals surface area contributed by atoms with Gasteiger partial charge in [0.1, 0.15) is 11.7 Å². The minimum Gasteiger partial charge on any atom is -0.283 e. The Bertz CT molecular complexity index is 964. The van der Waals surface area contributed by atoms with Crippen molar-refractivity contribution in [2.75, 3.05) is 4.90 Å². The molecule has 0 aromatic heterocycles. The van der Waals surface area contributed by atoms with Crippen molar-refractivity contribution in [3.8, 4) is 0 Å². The molecule has 98 valence electrons. The van der Waals surface area contributed by atoms with Gasteiger partial charge in [0, 0.05) is 16.5 Å². The minimum atomic E-state index is 0.506. The fourth-order valence-electron chi connectivity index (χ4n) is 3.27. The lowest BCUT2D eigenvalue weighted by atomic mass is 10.0. The Morgan fingerprint density at radius 3 is 2.43 bits per heavy atom. The Balaban J connectivity index is 1.93. The first-order valence-corrected chi connectivity index (χ1v) is 6.93. The summed E-state index contributed by atoms with van der Waals surface area (Å²) in [6.45, 7) is 0. The van der Waals surface area contributed by atoms with Gasteiger partial charge in [-0.1, -0.05) is 48.5 Å². The summed E-state index contributed by atoms with van der Waals surface area (Å²) >= 11 is 0. The first kappa shape index (κ1) is 10.8. The lowest BCUT2D eigenvalue weighted by Crippen LogP contribution is -2.31. The zero-order valence-electron chi connectivity index (χ0n) is 11.2. The molecule has 0 spiro atoms. The minimum absolute atomic E-state index is 0.506. The van der Waals surface area contributed by atoms with Gasteiger partial charge < -0.3 is 0 Å². The molecule has 0 amide bonds. The number of nitrogens with zero attached hydrogens (tertiary/aromatic N) is 2. The van der Waals surface area contributed by atoms with Crippen LogP contribution in [0.1, 0.15) is 11.1 Å². The van der Waals surface area contributed by atoms with E-state index in [-0.39, 0.29) is 0 Å². The molecule has 0 unspecified atom stereocenters. The van der Waals surface area contributed by atoms with Gasteiger partial charge in [0.2, 0.25) is 0 Å². The Morgan fingerprint density at radius 2 is 1.57 bits per heavy atom. The van der Waals surface area contributed by atoms with E-state index in [0.717, 1.165) is 39.1 Å². The summed E-state index contributed by atoms with van der Waals surface area (Å²) in [5.74, 6) is 1.37. The van der Waals surface area contributed by atoms with Crippen LogP contribution in [0.25, 0.3) is 10.8 Å². The number of amidine groups is 2. The second-order valence-electron chi connectivity index (χ2n) is 5.32. The summed E-state index contributed by atoms with van der Waals surface area (Å²) in [7, 11) is 0. The second-order valence-corrected chi connectivity index (χ2v) is 5.32. The zero-order chi connectivity index (χ0) is 14.0. The van der Waals surface area contributed by atoms with Crippen LogP contribution in [-0.4, -0.2) is 11.7 Å². The molecule has 0 fully saturated rings. The normalized spacial score (nSPS) is 15.0. The van der Waals surface area contributed by atoms with Crippen molar-refractivity contribution in [1.82, 2.24) is 0 Å². The standard InChI is InChI=1S/C18H11N3/c19-17-12-7-1-2-8-13(12)18-20-14-9-3-5-11-6-4-10-15(16(11)14)21(17)18/h1-10,19H. The van der Waals surface area contributed by atoms with Crippen LogP contribution in [-0.2, 0) is 0 Å². The van der Waals surface area contributed by atoms with Gasteiger partial charge in [0.15, 0.2) is 0 Å². The molecule has 1 N–H and O–H groups in total. The summed E-state index contributed by atoms with van der Waals surface area (Å²) in [4.78, 5) is 6.78. The van der Waals surface area contributed by atoms with Crippen molar-refractivity contribution in [2.45, 2.75) is 0 Å². The molecule has 0 bridgehead atoms. The maximum Gasteiger partial charge on any atom is 0.147 e. The monoisotopic (exact) mass is 269 g/mol. The lowest BCUT2D eigenvalue weighted by molar-refractivity contribution is 1.35. The first-order valence-electron chi connectivity index (χ1n) is 6.93. The quantitative estimate of drug-likeness (QED) is 0.656. The summed E-state index contributed by atoms with van der Waals surface area (Å²) in [6.07, 6.45) is 0. The van der Waals surface area contributed by atoms with E-state index in [2.05, 4.69) is 18.2 Å². The maximum absolute atomic E-state index is 8.51. The molecular formula is C18H11N3. The molecule has 2 aliphatic heterocycles. The molecule has 0 aliphatic carbocycles. The van der Waals surface area contributed by atoms with E-state index in [1.807, 2.05) is 47.4 Å². The van der Waals surface area contributed by atoms with E-state index in [0.29, 0.717) is 5.84 Å². The summed E-state index contributed by atoms with van der Waals surface area (Å²) < 4.78 is 0. The van der Waals surface area contributed by atoms with Gasteiger partial charge in [-0.2, -0.15) is 0 Å². The van der Waals surface area contributed by atoms with Gasteiger partial charge in [-0.3, -0.25) is 10.3 Å². The Morgan fingerprint density at radius 1 is 0.810 bits per heavy atom. The molecule has 3 aromatic carbocycles. The number of aliphatic imine (C=N–C) groups is 1. The highest BCUT2D eigenvalue weighted by Gasteiger charge is 2.35. The highest BCUT2D eigenvalue weighted by atomic mass is 15.3. The predicted molar refractivity (Wildman–Crippen MR) is 85.9 cm³/mol. The molecule has 2 heterocycles. The summed E-state index contributed by atoms with van der Waals surface area (Å²) in [5.41, 5.74) is 4.02. The number of rotatable bonds is 0. The number of nitrogens with one attached hydrogen (secondary N) is 1. The van der Waals surface area contributed by atoms with Gasteiger partial charge in [-0.15, -0.1) is 0 Å². The Hall–Kier alpha value is -2.94. The van der Waals surface area contributed by atoms with Gasteiger partial charge in [-0.25, -0.2) is 4.99 Å². The SMILES string of the molecule is N=C1c2ccccc2C2=Nc3cccc4cccc(c34)N12. The first-order chi connectivity index (χ1) is 10.3. The molecule has 0 saturated carbocycles. The Kier molecular flexibility index (Phi) is 1.84. The average Bonchev–Trinajstić information content (AvgIpc) is 2.82. The highest BCUT2D eigenvalue weighted by molar-refractivity contribution is 6.40. The van der Waals surface area contributed by atoms with E-state index in [1.165, 1.54) is 0 Å². The van der Waals surface area contributed by atoms with Crippen molar-refractivity contribution < 1.29 is 0 Å². The third-order valence-electron chi connectivity index (χ3n) is 4.19. The molecule has 21 heavy (non-hydrogen) atoms. The largest absolute Gasteiger partial charge is 0.283 e. The van der Waals surface area contributed by atoms with Crippen LogP contribution in [0, 0.1) is 5.41 Å². The van der Waals surface area contributed by atoms with E-state index < -0.39 is 0 Å². The molecule has 2 aliphatic rings. The van der Waals surface area contributed by atoms with Gasteiger partial charge in [0.05, 0.1) is 11.4 Å². The maximum atomic E-state index is 8.51. The van der Waals surface area contributed by atoms with Crippen molar-refractivity contribution in [3.63, 3.8) is 0 Å². The number of anilines is 1. The van der Waals surface area contributed by atoms with Gasteiger partial charge in [0.25, 0.3) is 0 Å². The van der Waals surface area contributed by atoms with Crippen LogP contribution in [0.3, 0.4) is 0 Å². The average molecular weight is 269 g/mol. The van der Waals surface area contributed by atoms with Crippen molar-refractivity contribution in [2.24, 2.45) is 4.99 Å². The van der Waals surface area contributed by atoms with E-state index in [4.69, 9.17) is 10.4 Å². The number of fused-ring (bicyclic) bond motifs is 4. The molecule has 3 nitrogen and oxygen atoms in total.